The first kappa shape index (κ1) is 13.9. The van der Waals surface area contributed by atoms with E-state index in [2.05, 4.69) is 5.32 Å². The van der Waals surface area contributed by atoms with Crippen molar-refractivity contribution >= 4 is 5.91 Å². The molecule has 0 heterocycles. The average molecular weight is 262 g/mol. The molecule has 0 saturated heterocycles. The normalized spacial score (nSPS) is 17.7. The van der Waals surface area contributed by atoms with Gasteiger partial charge in [0.15, 0.2) is 6.61 Å². The smallest absolute Gasteiger partial charge is 0.258 e. The minimum absolute atomic E-state index is 0.0418. The number of nitrogens with two attached hydrogens (primary N) is 1. The Kier molecular flexibility index (Phi) is 4.80. The average Bonchev–Trinajstić information content (AvgIpc) is 2.45. The van der Waals surface area contributed by atoms with Crippen LogP contribution < -0.4 is 15.8 Å². The molecule has 1 aromatic rings. The molecule has 1 aromatic carbocycles. The van der Waals surface area contributed by atoms with Crippen LogP contribution in [-0.4, -0.2) is 24.6 Å². The number of amides is 1. The fraction of sp³-hybridized carbons (Fsp3) is 0.533. The van der Waals surface area contributed by atoms with Crippen molar-refractivity contribution in [1.29, 1.82) is 0 Å². The molecular formula is C15H22N2O2. The lowest BCUT2D eigenvalue weighted by Gasteiger charge is -2.33. The summed E-state index contributed by atoms with van der Waals surface area (Å²) >= 11 is 0. The van der Waals surface area contributed by atoms with Crippen LogP contribution in [0.15, 0.2) is 30.3 Å². The zero-order chi connectivity index (χ0) is 13.6. The summed E-state index contributed by atoms with van der Waals surface area (Å²) in [5, 5.41) is 2.87. The van der Waals surface area contributed by atoms with E-state index in [0.29, 0.717) is 12.3 Å². The summed E-state index contributed by atoms with van der Waals surface area (Å²) in [4.78, 5) is 11.7. The largest absolute Gasteiger partial charge is 0.484 e. The molecule has 4 nitrogen and oxygen atoms in total. The quantitative estimate of drug-likeness (QED) is 0.851. The third-order valence-electron chi connectivity index (χ3n) is 3.60. The minimum atomic E-state index is -0.222. The maximum absolute atomic E-state index is 11.7. The van der Waals surface area contributed by atoms with Crippen LogP contribution >= 0.6 is 0 Å². The number of para-hydroxylation sites is 1. The third-order valence-corrected chi connectivity index (χ3v) is 3.60. The zero-order valence-electron chi connectivity index (χ0n) is 11.2. The Bertz CT molecular complexity index is 400. The first-order valence-corrected chi connectivity index (χ1v) is 6.91. The molecule has 1 aliphatic carbocycles. The highest BCUT2D eigenvalue weighted by molar-refractivity contribution is 5.77. The first-order valence-electron chi connectivity index (χ1n) is 6.91. The molecule has 1 saturated carbocycles. The summed E-state index contributed by atoms with van der Waals surface area (Å²) in [5.41, 5.74) is 6.04. The number of ether oxygens (including phenoxy) is 1. The molecule has 0 unspecified atom stereocenters. The Labute approximate surface area is 114 Å². The summed E-state index contributed by atoms with van der Waals surface area (Å²) < 4.78 is 5.39. The van der Waals surface area contributed by atoms with Crippen LogP contribution in [0.25, 0.3) is 0 Å². The fourth-order valence-corrected chi connectivity index (χ4v) is 2.42. The lowest BCUT2D eigenvalue weighted by Crippen LogP contribution is -2.51. The third kappa shape index (κ3) is 4.56. The molecule has 3 N–H and O–H groups in total. The lowest BCUT2D eigenvalue weighted by atomic mass is 9.82. The molecule has 1 fully saturated rings. The second-order valence-electron chi connectivity index (χ2n) is 5.30. The number of carbonyl (C=O) groups is 1. The molecule has 1 aliphatic rings. The zero-order valence-corrected chi connectivity index (χ0v) is 11.2. The van der Waals surface area contributed by atoms with Gasteiger partial charge in [-0.25, -0.2) is 0 Å². The van der Waals surface area contributed by atoms with Gasteiger partial charge >= 0.3 is 0 Å². The number of rotatable bonds is 5. The van der Waals surface area contributed by atoms with Crippen LogP contribution in [0.3, 0.4) is 0 Å². The summed E-state index contributed by atoms with van der Waals surface area (Å²) in [6.07, 6.45) is 5.56. The molecule has 1 amide bonds. The van der Waals surface area contributed by atoms with E-state index in [9.17, 15) is 4.79 Å². The van der Waals surface area contributed by atoms with E-state index in [1.54, 1.807) is 0 Å². The van der Waals surface area contributed by atoms with Crippen molar-refractivity contribution < 1.29 is 9.53 Å². The van der Waals surface area contributed by atoms with Gasteiger partial charge in [0, 0.05) is 12.1 Å². The van der Waals surface area contributed by atoms with Crippen LogP contribution in [0.2, 0.25) is 0 Å². The molecule has 2 rings (SSSR count). The predicted octanol–water partition coefficient (Wildman–Crippen LogP) is 1.84. The van der Waals surface area contributed by atoms with E-state index in [1.807, 2.05) is 30.3 Å². The number of hydrogen-bond acceptors (Lipinski definition) is 3. The highest BCUT2D eigenvalue weighted by atomic mass is 16.5. The van der Waals surface area contributed by atoms with Crippen LogP contribution in [0.5, 0.6) is 5.75 Å². The van der Waals surface area contributed by atoms with Gasteiger partial charge in [-0.05, 0) is 25.0 Å². The van der Waals surface area contributed by atoms with E-state index in [1.165, 1.54) is 6.42 Å². The number of benzene rings is 1. The molecule has 0 bridgehead atoms. The van der Waals surface area contributed by atoms with Gasteiger partial charge in [0.2, 0.25) is 0 Å². The fourth-order valence-electron chi connectivity index (χ4n) is 2.42. The molecular weight excluding hydrogens is 240 g/mol. The van der Waals surface area contributed by atoms with E-state index < -0.39 is 0 Å². The van der Waals surface area contributed by atoms with Crippen molar-refractivity contribution in [3.05, 3.63) is 30.3 Å². The molecule has 0 radical (unpaired) electrons. The van der Waals surface area contributed by atoms with Crippen LogP contribution in [0.4, 0.5) is 0 Å². The van der Waals surface area contributed by atoms with Crippen molar-refractivity contribution in [2.45, 2.75) is 37.6 Å². The maximum atomic E-state index is 11.7. The van der Waals surface area contributed by atoms with E-state index >= 15 is 0 Å². The summed E-state index contributed by atoms with van der Waals surface area (Å²) in [6, 6.07) is 9.33. The molecule has 4 heteroatoms. The summed E-state index contributed by atoms with van der Waals surface area (Å²) in [7, 11) is 0. The van der Waals surface area contributed by atoms with E-state index in [-0.39, 0.29) is 18.1 Å². The topological polar surface area (TPSA) is 64.3 Å². The van der Waals surface area contributed by atoms with Gasteiger partial charge in [-0.1, -0.05) is 37.5 Å². The standard InChI is InChI=1S/C15H22N2O2/c16-15(9-5-2-6-10-15)12-17-14(18)11-19-13-7-3-1-4-8-13/h1,3-4,7-8H,2,5-6,9-12,16H2,(H,17,18). The van der Waals surface area contributed by atoms with Crippen LogP contribution in [0.1, 0.15) is 32.1 Å². The van der Waals surface area contributed by atoms with Gasteiger partial charge in [0.1, 0.15) is 5.75 Å². The number of hydrogen-bond donors (Lipinski definition) is 2. The van der Waals surface area contributed by atoms with Crippen molar-refractivity contribution in [3.63, 3.8) is 0 Å². The van der Waals surface area contributed by atoms with Gasteiger partial charge in [0.25, 0.3) is 5.91 Å². The van der Waals surface area contributed by atoms with E-state index in [0.717, 1.165) is 25.7 Å². The van der Waals surface area contributed by atoms with Gasteiger partial charge in [-0.2, -0.15) is 0 Å². The molecule has 0 atom stereocenters. The Balaban J connectivity index is 1.70. The minimum Gasteiger partial charge on any atom is -0.484 e. The van der Waals surface area contributed by atoms with Gasteiger partial charge < -0.3 is 15.8 Å². The second-order valence-corrected chi connectivity index (χ2v) is 5.30. The second kappa shape index (κ2) is 6.57. The SMILES string of the molecule is NC1(CNC(=O)COc2ccccc2)CCCCC1. The van der Waals surface area contributed by atoms with Crippen molar-refractivity contribution in [2.24, 2.45) is 5.73 Å². The maximum Gasteiger partial charge on any atom is 0.258 e. The molecule has 0 aliphatic heterocycles. The van der Waals surface area contributed by atoms with Crippen molar-refractivity contribution in [2.75, 3.05) is 13.2 Å². The van der Waals surface area contributed by atoms with Crippen LogP contribution in [0, 0.1) is 0 Å². The Morgan fingerprint density at radius 2 is 1.89 bits per heavy atom. The highest BCUT2D eigenvalue weighted by Crippen LogP contribution is 2.25. The Hall–Kier alpha value is -1.55. The van der Waals surface area contributed by atoms with Gasteiger partial charge in [-0.3, -0.25) is 4.79 Å². The van der Waals surface area contributed by atoms with Gasteiger partial charge in [-0.15, -0.1) is 0 Å². The predicted molar refractivity (Wildman–Crippen MR) is 75.0 cm³/mol. The molecule has 104 valence electrons. The molecule has 19 heavy (non-hydrogen) atoms. The Morgan fingerprint density at radius 3 is 2.58 bits per heavy atom. The Morgan fingerprint density at radius 1 is 1.21 bits per heavy atom. The van der Waals surface area contributed by atoms with E-state index in [4.69, 9.17) is 10.5 Å². The first-order chi connectivity index (χ1) is 9.18. The van der Waals surface area contributed by atoms with Gasteiger partial charge in [0.05, 0.1) is 0 Å². The summed E-state index contributed by atoms with van der Waals surface area (Å²) in [5.74, 6) is 0.594. The van der Waals surface area contributed by atoms with Crippen LogP contribution in [-0.2, 0) is 4.79 Å². The highest BCUT2D eigenvalue weighted by Gasteiger charge is 2.27. The molecule has 0 spiro atoms. The monoisotopic (exact) mass is 262 g/mol. The number of carbonyl (C=O) groups excluding carboxylic acids is 1. The van der Waals surface area contributed by atoms with Crippen molar-refractivity contribution in [1.82, 2.24) is 5.32 Å². The number of nitrogens with one attached hydrogen (secondary N) is 1. The molecule has 0 aromatic heterocycles. The summed E-state index contributed by atoms with van der Waals surface area (Å²) in [6.45, 7) is 0.587. The van der Waals surface area contributed by atoms with Crippen molar-refractivity contribution in [3.8, 4) is 5.75 Å². The lowest BCUT2D eigenvalue weighted by molar-refractivity contribution is -0.123.